The van der Waals surface area contributed by atoms with E-state index >= 15 is 0 Å². The van der Waals surface area contributed by atoms with Crippen molar-refractivity contribution in [1.29, 1.82) is 5.26 Å². The van der Waals surface area contributed by atoms with Gasteiger partial charge in [0.05, 0.1) is 47.7 Å². The van der Waals surface area contributed by atoms with Crippen molar-refractivity contribution < 1.29 is 22.7 Å². The smallest absolute Gasteiger partial charge is 0.418 e. The first kappa shape index (κ1) is 32.3. The van der Waals surface area contributed by atoms with Crippen molar-refractivity contribution in [2.75, 3.05) is 68.7 Å². The lowest BCUT2D eigenvalue weighted by molar-refractivity contribution is -0.137. The number of hydrogen-bond acceptors (Lipinski definition) is 10. The monoisotopic (exact) mass is 627 g/mol. The summed E-state index contributed by atoms with van der Waals surface area (Å²) < 4.78 is 49.0. The third-order valence-electron chi connectivity index (χ3n) is 8.98. The molecular formula is C31H40F3N9O2. The third kappa shape index (κ3) is 6.79. The lowest BCUT2D eigenvalue weighted by Crippen LogP contribution is -2.55. The van der Waals surface area contributed by atoms with Gasteiger partial charge in [0, 0.05) is 44.8 Å². The van der Waals surface area contributed by atoms with Gasteiger partial charge in [-0.2, -0.15) is 28.4 Å². The lowest BCUT2D eigenvalue weighted by Gasteiger charge is -2.42. The number of rotatable bonds is 9. The normalized spacial score (nSPS) is 20.5. The van der Waals surface area contributed by atoms with Gasteiger partial charge in [0.2, 0.25) is 5.91 Å². The van der Waals surface area contributed by atoms with Crippen LogP contribution in [-0.2, 0) is 23.9 Å². The van der Waals surface area contributed by atoms with Gasteiger partial charge in [-0.15, -0.1) is 0 Å². The lowest BCUT2D eigenvalue weighted by atomic mass is 9.99. The number of benzene rings is 1. The summed E-state index contributed by atoms with van der Waals surface area (Å²) in [7, 11) is 3.71. The van der Waals surface area contributed by atoms with Gasteiger partial charge in [-0.3, -0.25) is 4.79 Å². The second-order valence-corrected chi connectivity index (χ2v) is 11.7. The number of likely N-dealkylation sites (N-methyl/N-ethyl adjacent to an activating group) is 1. The Bertz CT molecular complexity index is 1460. The van der Waals surface area contributed by atoms with Crippen LogP contribution in [0, 0.1) is 18.3 Å². The summed E-state index contributed by atoms with van der Waals surface area (Å²) in [4.78, 5) is 29.8. The Balaban J connectivity index is 1.52. The van der Waals surface area contributed by atoms with E-state index in [2.05, 4.69) is 35.4 Å². The molecule has 1 amide bonds. The van der Waals surface area contributed by atoms with Crippen LogP contribution in [0.5, 0.6) is 6.01 Å². The van der Waals surface area contributed by atoms with Gasteiger partial charge in [0.1, 0.15) is 12.4 Å². The van der Waals surface area contributed by atoms with Crippen LogP contribution >= 0.6 is 0 Å². The zero-order chi connectivity index (χ0) is 32.3. The maximum Gasteiger partial charge on any atom is 0.418 e. The van der Waals surface area contributed by atoms with Crippen LogP contribution in [0.1, 0.15) is 41.6 Å². The number of nitriles is 1. The SMILES string of the molecule is C=CC(=O)N1CCN(c2nc(OCC3CCCN3C)nc3c2CCN(c2c(C(F)(F)F)ccc(NNC)c2C)C3)CC1CC#N. The standard InChI is InChI=1S/C31H40F3N9O2/c1-5-27(44)43-16-15-42(17-21(43)10-12-35)29-23-11-14-41(28-20(2)25(39-36-3)9-8-24(28)31(32,33)34)18-26(23)37-30(38-29)45-19-22-7-6-13-40(22)4/h5,8-9,21-22,36,39H,1,6-7,10-11,13-19H2,2-4H3. The first-order chi connectivity index (χ1) is 21.5. The van der Waals surface area contributed by atoms with Gasteiger partial charge in [-0.1, -0.05) is 6.58 Å². The number of carbonyl (C=O) groups excluding carboxylic acids is 1. The Kier molecular flexibility index (Phi) is 9.69. The third-order valence-corrected chi connectivity index (χ3v) is 8.98. The molecule has 0 saturated carbocycles. The molecule has 0 radical (unpaired) electrons. The maximum absolute atomic E-state index is 14.3. The molecule has 1 aromatic heterocycles. The van der Waals surface area contributed by atoms with Crippen LogP contribution < -0.4 is 25.4 Å². The van der Waals surface area contributed by atoms with Crippen LogP contribution in [0.2, 0.25) is 0 Å². The minimum atomic E-state index is -4.55. The molecule has 3 aliphatic rings. The Morgan fingerprint density at radius 2 is 2.00 bits per heavy atom. The number of hydrazine groups is 1. The minimum Gasteiger partial charge on any atom is -0.462 e. The van der Waals surface area contributed by atoms with Crippen molar-refractivity contribution >= 4 is 23.1 Å². The molecule has 2 atom stereocenters. The van der Waals surface area contributed by atoms with Crippen molar-refractivity contribution in [3.05, 3.63) is 47.2 Å². The number of anilines is 3. The fourth-order valence-electron chi connectivity index (χ4n) is 6.61. The van der Waals surface area contributed by atoms with Gasteiger partial charge in [0.15, 0.2) is 0 Å². The zero-order valence-electron chi connectivity index (χ0n) is 26.0. The Morgan fingerprint density at radius 1 is 1.20 bits per heavy atom. The van der Waals surface area contributed by atoms with E-state index in [-0.39, 0.29) is 42.7 Å². The molecular weight excluding hydrogens is 587 g/mol. The second kappa shape index (κ2) is 13.5. The number of hydrogen-bond donors (Lipinski definition) is 2. The molecule has 4 heterocycles. The van der Waals surface area contributed by atoms with Crippen LogP contribution in [0.4, 0.5) is 30.4 Å². The van der Waals surface area contributed by atoms with Gasteiger partial charge < -0.3 is 29.8 Å². The fourth-order valence-corrected chi connectivity index (χ4v) is 6.61. The van der Waals surface area contributed by atoms with Gasteiger partial charge >= 0.3 is 12.2 Å². The summed E-state index contributed by atoms with van der Waals surface area (Å²) in [5.74, 6) is 0.409. The summed E-state index contributed by atoms with van der Waals surface area (Å²) in [5, 5.41) is 9.50. The molecule has 0 spiro atoms. The summed E-state index contributed by atoms with van der Waals surface area (Å²) in [6.45, 7) is 8.33. The number of nitrogens with zero attached hydrogens (tertiary/aromatic N) is 7. The van der Waals surface area contributed by atoms with E-state index in [1.165, 1.54) is 12.1 Å². The second-order valence-electron chi connectivity index (χ2n) is 11.7. The fraction of sp³-hybridized carbons (Fsp3) is 0.548. The topological polar surface area (TPSA) is 113 Å². The largest absolute Gasteiger partial charge is 0.462 e. The van der Waals surface area contributed by atoms with E-state index in [4.69, 9.17) is 14.7 Å². The number of halogens is 3. The molecule has 1 aromatic carbocycles. The first-order valence-corrected chi connectivity index (χ1v) is 15.2. The minimum absolute atomic E-state index is 0.106. The van der Waals surface area contributed by atoms with Crippen LogP contribution in [0.3, 0.4) is 0 Å². The number of ether oxygens (including phenoxy) is 1. The average molecular weight is 628 g/mol. The molecule has 2 saturated heterocycles. The summed E-state index contributed by atoms with van der Waals surface area (Å²) in [6, 6.07) is 4.74. The highest BCUT2D eigenvalue weighted by atomic mass is 19.4. The Hall–Kier alpha value is -4.09. The molecule has 0 aliphatic carbocycles. The van der Waals surface area contributed by atoms with Crippen molar-refractivity contribution in [2.24, 2.45) is 0 Å². The van der Waals surface area contributed by atoms with E-state index in [0.29, 0.717) is 62.0 Å². The molecule has 0 bridgehead atoms. The van der Waals surface area contributed by atoms with Crippen molar-refractivity contribution in [3.63, 3.8) is 0 Å². The summed E-state index contributed by atoms with van der Waals surface area (Å²) >= 11 is 0. The van der Waals surface area contributed by atoms with E-state index in [9.17, 15) is 23.2 Å². The molecule has 14 heteroatoms. The molecule has 45 heavy (non-hydrogen) atoms. The Labute approximate surface area is 261 Å². The quantitative estimate of drug-likeness (QED) is 0.317. The highest BCUT2D eigenvalue weighted by Gasteiger charge is 2.38. The number of carbonyl (C=O) groups is 1. The Morgan fingerprint density at radius 3 is 2.67 bits per heavy atom. The number of aromatic nitrogens is 2. The number of piperazine rings is 1. The molecule has 3 aliphatic heterocycles. The number of amides is 1. The number of nitrogens with one attached hydrogen (secondary N) is 2. The van der Waals surface area contributed by atoms with E-state index in [0.717, 1.165) is 31.0 Å². The highest BCUT2D eigenvalue weighted by molar-refractivity contribution is 5.87. The van der Waals surface area contributed by atoms with Crippen LogP contribution in [0.25, 0.3) is 0 Å². The predicted octanol–water partition coefficient (Wildman–Crippen LogP) is 3.50. The van der Waals surface area contributed by atoms with Crippen LogP contribution in [-0.4, -0.2) is 91.2 Å². The van der Waals surface area contributed by atoms with Crippen molar-refractivity contribution in [1.82, 2.24) is 25.2 Å². The van der Waals surface area contributed by atoms with Crippen molar-refractivity contribution in [2.45, 2.75) is 57.4 Å². The molecule has 2 N–H and O–H groups in total. The highest BCUT2D eigenvalue weighted by Crippen LogP contribution is 2.43. The summed E-state index contributed by atoms with van der Waals surface area (Å²) in [6.07, 6.45) is -0.670. The number of fused-ring (bicyclic) bond motifs is 1. The number of alkyl halides is 3. The average Bonchev–Trinajstić information content (AvgIpc) is 3.43. The first-order valence-electron chi connectivity index (χ1n) is 15.2. The molecule has 2 aromatic rings. The van der Waals surface area contributed by atoms with Crippen molar-refractivity contribution in [3.8, 4) is 12.1 Å². The van der Waals surface area contributed by atoms with Crippen LogP contribution in [0.15, 0.2) is 24.8 Å². The molecule has 5 rings (SSSR count). The summed E-state index contributed by atoms with van der Waals surface area (Å²) in [5.41, 5.74) is 7.60. The number of likely N-dealkylation sites (tertiary alicyclic amines) is 1. The van der Waals surface area contributed by atoms with Gasteiger partial charge in [-0.25, -0.2) is 5.43 Å². The molecule has 242 valence electrons. The van der Waals surface area contributed by atoms with Gasteiger partial charge in [0.25, 0.3) is 0 Å². The maximum atomic E-state index is 14.3. The molecule has 2 unspecified atom stereocenters. The molecule has 2 fully saturated rings. The zero-order valence-corrected chi connectivity index (χ0v) is 26.0. The van der Waals surface area contributed by atoms with E-state index in [1.54, 1.807) is 23.8 Å². The predicted molar refractivity (Wildman–Crippen MR) is 165 cm³/mol. The van der Waals surface area contributed by atoms with E-state index < -0.39 is 11.7 Å². The van der Waals surface area contributed by atoms with E-state index in [1.807, 2.05) is 4.90 Å². The van der Waals surface area contributed by atoms with Gasteiger partial charge in [-0.05, 0) is 63.6 Å². The molecule has 11 nitrogen and oxygen atoms in total.